The van der Waals surface area contributed by atoms with E-state index in [1.165, 1.54) is 0 Å². The summed E-state index contributed by atoms with van der Waals surface area (Å²) >= 11 is 0. The summed E-state index contributed by atoms with van der Waals surface area (Å²) in [6.07, 6.45) is 8.85. The number of nitrogens with zero attached hydrogens (tertiary/aromatic N) is 6. The molecule has 150 valence electrons. The van der Waals surface area contributed by atoms with Gasteiger partial charge in [-0.3, -0.25) is 19.1 Å². The number of rotatable bonds is 3. The molecule has 9 nitrogen and oxygen atoms in total. The molecule has 3 amide bonds. The fourth-order valence-electron chi connectivity index (χ4n) is 4.07. The van der Waals surface area contributed by atoms with E-state index in [1.54, 1.807) is 15.8 Å². The third-order valence-electron chi connectivity index (χ3n) is 5.66. The van der Waals surface area contributed by atoms with Gasteiger partial charge in [0.2, 0.25) is 0 Å². The van der Waals surface area contributed by atoms with Gasteiger partial charge in [-0.05, 0) is 38.2 Å². The molecule has 0 aliphatic carbocycles. The van der Waals surface area contributed by atoms with Gasteiger partial charge >= 0.3 is 6.03 Å². The van der Waals surface area contributed by atoms with Crippen molar-refractivity contribution in [2.24, 2.45) is 7.05 Å². The highest BCUT2D eigenvalue weighted by molar-refractivity contribution is 5.99. The van der Waals surface area contributed by atoms with Gasteiger partial charge in [-0.1, -0.05) is 0 Å². The molecule has 2 aliphatic heterocycles. The van der Waals surface area contributed by atoms with Crippen LogP contribution in [-0.2, 0) is 11.8 Å². The topological polar surface area (TPSA) is 88.3 Å². The average Bonchev–Trinajstić information content (AvgIpc) is 3.32. The number of nitrogens with one attached hydrogen (secondary N) is 1. The Morgan fingerprint density at radius 2 is 1.96 bits per heavy atom. The molecular weight excluding hydrogens is 358 g/mol. The van der Waals surface area contributed by atoms with Gasteiger partial charge in [-0.15, -0.1) is 0 Å². The largest absolute Gasteiger partial charge is 0.326 e. The van der Waals surface area contributed by atoms with E-state index in [4.69, 9.17) is 0 Å². The van der Waals surface area contributed by atoms with Crippen LogP contribution in [0, 0.1) is 6.92 Å². The summed E-state index contributed by atoms with van der Waals surface area (Å²) in [6, 6.07) is 1.52. The Morgan fingerprint density at radius 1 is 1.18 bits per heavy atom. The van der Waals surface area contributed by atoms with E-state index in [0.29, 0.717) is 32.1 Å². The lowest BCUT2D eigenvalue weighted by molar-refractivity contribution is -0.121. The van der Waals surface area contributed by atoms with E-state index < -0.39 is 6.04 Å². The summed E-state index contributed by atoms with van der Waals surface area (Å²) in [4.78, 5) is 29.1. The Kier molecular flexibility index (Phi) is 5.06. The van der Waals surface area contributed by atoms with Crippen LogP contribution in [0.25, 0.3) is 0 Å². The van der Waals surface area contributed by atoms with Crippen molar-refractivity contribution in [2.45, 2.75) is 44.7 Å². The summed E-state index contributed by atoms with van der Waals surface area (Å²) < 4.78 is 3.69. The number of aryl methyl sites for hydroxylation is 2. The van der Waals surface area contributed by atoms with Gasteiger partial charge in [-0.2, -0.15) is 10.2 Å². The van der Waals surface area contributed by atoms with E-state index in [9.17, 15) is 9.59 Å². The second-order valence-electron chi connectivity index (χ2n) is 7.66. The molecule has 0 saturated carbocycles. The number of carbonyl (C=O) groups excluding carboxylic acids is 2. The number of urea groups is 1. The maximum Gasteiger partial charge on any atom is 0.318 e. The van der Waals surface area contributed by atoms with Gasteiger partial charge in [0.15, 0.2) is 0 Å². The highest BCUT2D eigenvalue weighted by Crippen LogP contribution is 2.23. The summed E-state index contributed by atoms with van der Waals surface area (Å²) in [5.74, 6) is 0.699. The highest BCUT2D eigenvalue weighted by atomic mass is 16.2. The summed E-state index contributed by atoms with van der Waals surface area (Å²) in [5.41, 5.74) is 1.15. The van der Waals surface area contributed by atoms with Gasteiger partial charge in [-0.25, -0.2) is 4.79 Å². The first kappa shape index (κ1) is 18.5. The lowest BCUT2D eigenvalue weighted by Crippen LogP contribution is -2.56. The summed E-state index contributed by atoms with van der Waals surface area (Å²) in [6.45, 7) is 4.02. The molecule has 9 heteroatoms. The summed E-state index contributed by atoms with van der Waals surface area (Å²) in [5, 5.41) is 11.5. The molecule has 28 heavy (non-hydrogen) atoms. The number of anilines is 1. The van der Waals surface area contributed by atoms with Gasteiger partial charge < -0.3 is 10.2 Å². The SMILES string of the molecule is Cc1cnn(C2CCN(C(=O)NC3CCCN(c4ccnn4C)C3=O)CC2)c1. The number of carbonyl (C=O) groups is 2. The number of amides is 3. The van der Waals surface area contributed by atoms with Crippen molar-refractivity contribution in [3.8, 4) is 0 Å². The monoisotopic (exact) mass is 385 g/mol. The van der Waals surface area contributed by atoms with E-state index in [0.717, 1.165) is 30.6 Å². The smallest absolute Gasteiger partial charge is 0.318 e. The van der Waals surface area contributed by atoms with E-state index in [-0.39, 0.29) is 11.9 Å². The molecule has 2 aromatic heterocycles. The predicted octanol–water partition coefficient (Wildman–Crippen LogP) is 1.47. The molecule has 4 rings (SSSR count). The zero-order chi connectivity index (χ0) is 19.7. The maximum atomic E-state index is 12.9. The van der Waals surface area contributed by atoms with Gasteiger partial charge in [0.25, 0.3) is 5.91 Å². The van der Waals surface area contributed by atoms with Crippen LogP contribution in [0.5, 0.6) is 0 Å². The van der Waals surface area contributed by atoms with Crippen LogP contribution in [0.1, 0.15) is 37.3 Å². The Balaban J connectivity index is 1.33. The standard InChI is InChI=1S/C19H27N7O2/c1-14-12-21-26(13-14)15-6-10-24(11-7-15)19(28)22-16-4-3-9-25(18(16)27)17-5-8-20-23(17)2/h5,8,12-13,15-16H,3-4,6-7,9-11H2,1-2H3,(H,22,28). The predicted molar refractivity (Wildman–Crippen MR) is 104 cm³/mol. The third-order valence-corrected chi connectivity index (χ3v) is 5.66. The van der Waals surface area contributed by atoms with Gasteiger partial charge in [0.05, 0.1) is 18.4 Å². The Hall–Kier alpha value is -2.84. The molecule has 0 bridgehead atoms. The van der Waals surface area contributed by atoms with Crippen LogP contribution in [0.2, 0.25) is 0 Å². The van der Waals surface area contributed by atoms with Crippen molar-refractivity contribution < 1.29 is 9.59 Å². The lowest BCUT2D eigenvalue weighted by Gasteiger charge is -2.36. The zero-order valence-corrected chi connectivity index (χ0v) is 16.4. The molecule has 2 aromatic rings. The first-order valence-corrected chi connectivity index (χ1v) is 9.88. The van der Waals surface area contributed by atoms with Crippen LogP contribution in [-0.4, -0.2) is 62.1 Å². The molecule has 0 aromatic carbocycles. The van der Waals surface area contributed by atoms with E-state index in [2.05, 4.69) is 15.5 Å². The molecule has 0 spiro atoms. The minimum atomic E-state index is -0.484. The first-order valence-electron chi connectivity index (χ1n) is 9.88. The zero-order valence-electron chi connectivity index (χ0n) is 16.4. The number of piperidine rings is 2. The minimum absolute atomic E-state index is 0.0647. The Labute approximate surface area is 164 Å². The first-order chi connectivity index (χ1) is 13.5. The highest BCUT2D eigenvalue weighted by Gasteiger charge is 2.33. The van der Waals surface area contributed by atoms with Crippen molar-refractivity contribution in [3.05, 3.63) is 30.2 Å². The molecular formula is C19H27N7O2. The van der Waals surface area contributed by atoms with Gasteiger partial charge in [0, 0.05) is 38.9 Å². The number of aromatic nitrogens is 4. The van der Waals surface area contributed by atoms with Crippen LogP contribution in [0.4, 0.5) is 10.6 Å². The number of hydrogen-bond donors (Lipinski definition) is 1. The van der Waals surface area contributed by atoms with Crippen molar-refractivity contribution >= 4 is 17.8 Å². The van der Waals surface area contributed by atoms with Crippen molar-refractivity contribution in [2.75, 3.05) is 24.5 Å². The number of hydrogen-bond acceptors (Lipinski definition) is 4. The molecule has 4 heterocycles. The van der Waals surface area contributed by atoms with Crippen molar-refractivity contribution in [1.82, 2.24) is 29.8 Å². The Bertz CT molecular complexity index is 850. The van der Waals surface area contributed by atoms with Gasteiger partial charge in [0.1, 0.15) is 11.9 Å². The Morgan fingerprint density at radius 3 is 2.61 bits per heavy atom. The van der Waals surface area contributed by atoms with E-state index in [1.807, 2.05) is 42.0 Å². The molecule has 1 unspecified atom stereocenters. The fourth-order valence-corrected chi connectivity index (χ4v) is 4.07. The molecule has 2 fully saturated rings. The fraction of sp³-hybridized carbons (Fsp3) is 0.579. The molecule has 0 radical (unpaired) electrons. The van der Waals surface area contributed by atoms with Crippen molar-refractivity contribution in [3.63, 3.8) is 0 Å². The summed E-state index contributed by atoms with van der Waals surface area (Å²) in [7, 11) is 1.82. The molecule has 1 N–H and O–H groups in total. The maximum absolute atomic E-state index is 12.9. The quantitative estimate of drug-likeness (QED) is 0.867. The lowest BCUT2D eigenvalue weighted by atomic mass is 10.0. The number of likely N-dealkylation sites (tertiary alicyclic amines) is 1. The second kappa shape index (κ2) is 7.65. The normalized spacial score (nSPS) is 21.2. The third kappa shape index (κ3) is 3.61. The van der Waals surface area contributed by atoms with Crippen LogP contribution in [0.3, 0.4) is 0 Å². The second-order valence-corrected chi connectivity index (χ2v) is 7.66. The minimum Gasteiger partial charge on any atom is -0.326 e. The van der Waals surface area contributed by atoms with Crippen LogP contribution < -0.4 is 10.2 Å². The van der Waals surface area contributed by atoms with Crippen LogP contribution in [0.15, 0.2) is 24.7 Å². The average molecular weight is 385 g/mol. The van der Waals surface area contributed by atoms with Crippen LogP contribution >= 0.6 is 0 Å². The van der Waals surface area contributed by atoms with E-state index >= 15 is 0 Å². The molecule has 2 saturated heterocycles. The molecule has 2 aliphatic rings. The molecule has 1 atom stereocenters. The van der Waals surface area contributed by atoms with Crippen molar-refractivity contribution in [1.29, 1.82) is 0 Å².